The number of unbranched alkanes of at least 4 members (excludes halogenated alkanes) is 1. The molecule has 0 saturated carbocycles. The molecule has 0 N–H and O–H groups in total. The smallest absolute Gasteiger partial charge is 0.460 e. The van der Waals surface area contributed by atoms with Crippen molar-refractivity contribution in [2.24, 2.45) is 0 Å². The van der Waals surface area contributed by atoms with E-state index in [0.29, 0.717) is 5.92 Å². The summed E-state index contributed by atoms with van der Waals surface area (Å²) in [7, 11) is -8.14. The van der Waals surface area contributed by atoms with Crippen LogP contribution in [0.3, 0.4) is 0 Å². The number of hydrogen-bond donors (Lipinski definition) is 0. The van der Waals surface area contributed by atoms with Crippen molar-refractivity contribution in [3.63, 3.8) is 0 Å². The van der Waals surface area contributed by atoms with Crippen LogP contribution in [-0.4, -0.2) is 78.0 Å². The monoisotopic (exact) mass is 786 g/mol. The van der Waals surface area contributed by atoms with E-state index in [0.717, 1.165) is 18.8 Å². The Morgan fingerprint density at radius 3 is 1.67 bits per heavy atom. The van der Waals surface area contributed by atoms with Crippen LogP contribution in [0.1, 0.15) is 37.7 Å². The van der Waals surface area contributed by atoms with Crippen molar-refractivity contribution in [2.45, 2.75) is 79.1 Å². The van der Waals surface area contributed by atoms with Gasteiger partial charge in [0.05, 0.1) is 6.61 Å². The quantitative estimate of drug-likeness (QED) is 0.0710. The highest BCUT2D eigenvalue weighted by molar-refractivity contribution is 7.86. The molecular weight excluding hydrogens is 763 g/mol. The van der Waals surface area contributed by atoms with Gasteiger partial charge in [0.15, 0.2) is 10.1 Å². The Bertz CT molecular complexity index is 1550. The summed E-state index contributed by atoms with van der Waals surface area (Å²) in [6.45, 7) is 3.05. The fourth-order valence-corrected chi connectivity index (χ4v) is 6.02. The van der Waals surface area contributed by atoms with E-state index < -0.39 is 57.1 Å². The molecule has 3 rings (SSSR count). The second-order valence-electron chi connectivity index (χ2n) is 10.4. The molecule has 1 atom stereocenters. The predicted molar refractivity (Wildman–Crippen MR) is 141 cm³/mol. The summed E-state index contributed by atoms with van der Waals surface area (Å²) in [6, 6.07) is 13.2. The summed E-state index contributed by atoms with van der Waals surface area (Å²) in [5.74, 6) is -47.7. The molecule has 1 fully saturated rings. The second-order valence-corrected chi connectivity index (χ2v) is 13.1. The molecule has 0 amide bonds. The summed E-state index contributed by atoms with van der Waals surface area (Å²) in [6.07, 6.45) is -4.27. The average molecular weight is 787 g/mol. The molecule has 0 aliphatic carbocycles. The summed E-state index contributed by atoms with van der Waals surface area (Å²) in [4.78, 5) is 0. The number of thiol groups is 1. The zero-order valence-electron chi connectivity index (χ0n) is 24.2. The van der Waals surface area contributed by atoms with Crippen LogP contribution in [0.5, 0.6) is 5.75 Å². The molecule has 1 aliphatic heterocycles. The Morgan fingerprint density at radius 2 is 1.22 bits per heavy atom. The van der Waals surface area contributed by atoms with Crippen LogP contribution in [0.2, 0.25) is 0 Å². The van der Waals surface area contributed by atoms with Crippen LogP contribution in [0, 0.1) is 0 Å². The highest BCUT2D eigenvalue weighted by atomic mass is 32.2. The molecule has 2 aromatic carbocycles. The fraction of sp³-hybridized carbons (Fsp3) is 0.615. The zero-order valence-corrected chi connectivity index (χ0v) is 25.9. The minimum Gasteiger partial charge on any atom is -0.743 e. The summed E-state index contributed by atoms with van der Waals surface area (Å²) < 4.78 is 250. The van der Waals surface area contributed by atoms with Gasteiger partial charge in [-0.1, -0.05) is 49.7 Å². The first kappa shape index (κ1) is 42.7. The minimum absolute atomic E-state index is 0.692. The van der Waals surface area contributed by atoms with Crippen LogP contribution in [0.25, 0.3) is 10.8 Å². The Kier molecular flexibility index (Phi) is 12.2. The highest BCUT2D eigenvalue weighted by Gasteiger charge is 2.95. The van der Waals surface area contributed by atoms with Gasteiger partial charge in [0.1, 0.15) is 17.3 Å². The van der Waals surface area contributed by atoms with E-state index in [-0.39, 0.29) is 0 Å². The van der Waals surface area contributed by atoms with E-state index >= 15 is 0 Å². The van der Waals surface area contributed by atoms with Gasteiger partial charge in [-0.05, 0) is 23.6 Å². The Hall–Kier alpha value is -2.43. The van der Waals surface area contributed by atoms with E-state index in [4.69, 9.17) is 4.74 Å². The van der Waals surface area contributed by atoms with Gasteiger partial charge in [0.25, 0.3) is 0 Å². The number of ether oxygens (including phenoxy) is 1. The normalized spacial score (nSPS) is 17.6. The van der Waals surface area contributed by atoms with Crippen molar-refractivity contribution >= 4 is 32.7 Å². The minimum atomic E-state index is -8.92. The molecule has 49 heavy (non-hydrogen) atoms. The molecular formula is C26H23F17O4S2. The standard InChI is InChI=1S/C18H22OS.C8HF17O3S/c1-2-3-11-19-18-16-7-5-4-6-14(16)8-9-17(18)15-10-12-20-13-15;9-1(10,3(13,14)5(17,18)7(21,22)23)2(11,12)4(15,16)6(19,20)8(24,25)29(26,27)28/h4-9,15H,2-3,10-13H2,1H3;(H,26,27,28). The Labute approximate surface area is 270 Å². The van der Waals surface area contributed by atoms with E-state index in [1.54, 1.807) is 11.8 Å². The zero-order chi connectivity index (χ0) is 38.3. The molecule has 0 spiro atoms. The molecule has 282 valence electrons. The molecule has 1 saturated heterocycles. The highest BCUT2D eigenvalue weighted by Crippen LogP contribution is 2.64. The van der Waals surface area contributed by atoms with Gasteiger partial charge < -0.3 is 9.29 Å². The fourth-order valence-electron chi connectivity index (χ4n) is 4.21. The predicted octanol–water partition coefficient (Wildman–Crippen LogP) is 8.82. The number of halogens is 17. The lowest BCUT2D eigenvalue weighted by Gasteiger charge is -2.42. The van der Waals surface area contributed by atoms with Crippen LogP contribution in [-0.2, 0) is 21.9 Å². The molecule has 1 heterocycles. The van der Waals surface area contributed by atoms with E-state index in [1.807, 2.05) is 0 Å². The lowest BCUT2D eigenvalue weighted by Crippen LogP contribution is -2.75. The maximum Gasteiger partial charge on any atom is 0.460 e. The third-order valence-corrected chi connectivity index (χ3v) is 9.24. The summed E-state index contributed by atoms with van der Waals surface area (Å²) >= 11 is 1.60. The lowest BCUT2D eigenvalue weighted by molar-refractivity contribution is -0.458. The van der Waals surface area contributed by atoms with Crippen LogP contribution in [0.15, 0.2) is 36.4 Å². The molecule has 0 aromatic heterocycles. The Balaban J connectivity index is 0.000000360. The topological polar surface area (TPSA) is 66.4 Å². The number of benzene rings is 2. The molecule has 23 heteroatoms. The Morgan fingerprint density at radius 1 is 0.735 bits per heavy atom. The number of fused-ring (bicyclic) bond motifs is 1. The first-order valence-electron chi connectivity index (χ1n) is 13.3. The van der Waals surface area contributed by atoms with Crippen LogP contribution < -0.4 is 4.74 Å². The first-order chi connectivity index (χ1) is 21.9. The van der Waals surface area contributed by atoms with Crippen molar-refractivity contribution in [1.82, 2.24) is 0 Å². The number of alkyl halides is 17. The van der Waals surface area contributed by atoms with Crippen molar-refractivity contribution in [2.75, 3.05) is 18.1 Å². The van der Waals surface area contributed by atoms with Gasteiger partial charge in [-0.25, -0.2) is 8.42 Å². The van der Waals surface area contributed by atoms with Gasteiger partial charge in [-0.3, -0.25) is 0 Å². The summed E-state index contributed by atoms with van der Waals surface area (Å²) in [5.41, 5.74) is 1.44. The van der Waals surface area contributed by atoms with E-state index in [9.17, 15) is 87.6 Å². The maximum atomic E-state index is 13.0. The molecule has 0 bridgehead atoms. The van der Waals surface area contributed by atoms with Gasteiger partial charge >= 0.3 is 47.0 Å². The van der Waals surface area contributed by atoms with Gasteiger partial charge in [-0.2, -0.15) is 74.6 Å². The molecule has 0 radical (unpaired) electrons. The third kappa shape index (κ3) is 7.21. The maximum absolute atomic E-state index is 13.0. The average Bonchev–Trinajstić information content (AvgIpc) is 3.51. The molecule has 4 nitrogen and oxygen atoms in total. The second kappa shape index (κ2) is 13.9. The number of rotatable bonds is 12. The first-order valence-corrected chi connectivity index (χ1v) is 16.0. The third-order valence-electron chi connectivity index (χ3n) is 7.09. The van der Waals surface area contributed by atoms with Crippen molar-refractivity contribution in [3.05, 3.63) is 42.0 Å². The van der Waals surface area contributed by atoms with Crippen LogP contribution in [0.4, 0.5) is 74.6 Å². The van der Waals surface area contributed by atoms with Crippen molar-refractivity contribution < 1.29 is 92.3 Å². The van der Waals surface area contributed by atoms with Gasteiger partial charge in [0, 0.05) is 23.3 Å². The van der Waals surface area contributed by atoms with Crippen LogP contribution >= 0.6 is 0 Å². The SMILES string of the molecule is CCCCOc1c(C2CC[SH+]C2)ccc2ccccc12.O=S(=O)([O-])C(F)(F)C(F)(F)C(F)(F)C(F)(F)C(F)(F)C(F)(F)C(F)(F)C(F)(F)F. The summed E-state index contributed by atoms with van der Waals surface area (Å²) in [5, 5.41) is -5.38. The number of hydrogen-bond acceptors (Lipinski definition) is 4. The lowest BCUT2D eigenvalue weighted by atomic mass is 9.91. The molecule has 2 aromatic rings. The molecule has 1 unspecified atom stereocenters. The van der Waals surface area contributed by atoms with Gasteiger partial charge in [-0.15, -0.1) is 0 Å². The molecule has 1 aliphatic rings. The van der Waals surface area contributed by atoms with Crippen molar-refractivity contribution in [1.29, 1.82) is 0 Å². The van der Waals surface area contributed by atoms with E-state index in [1.165, 1.54) is 40.7 Å². The van der Waals surface area contributed by atoms with Gasteiger partial charge in [0.2, 0.25) is 0 Å². The van der Waals surface area contributed by atoms with Crippen molar-refractivity contribution in [3.8, 4) is 5.75 Å². The van der Waals surface area contributed by atoms with E-state index in [2.05, 4.69) is 43.3 Å². The largest absolute Gasteiger partial charge is 0.743 e.